The van der Waals surface area contributed by atoms with Crippen LogP contribution < -0.4 is 4.74 Å². The minimum absolute atomic E-state index is 0.0194. The van der Waals surface area contributed by atoms with Crippen molar-refractivity contribution in [3.8, 4) is 5.75 Å². The van der Waals surface area contributed by atoms with Crippen molar-refractivity contribution in [1.29, 1.82) is 0 Å². The number of hydrogen-bond donors (Lipinski definition) is 1. The molecule has 106 valence electrons. The summed E-state index contributed by atoms with van der Waals surface area (Å²) in [5, 5.41) is 9.00. The van der Waals surface area contributed by atoms with Gasteiger partial charge < -0.3 is 9.84 Å². The van der Waals surface area contributed by atoms with Gasteiger partial charge in [0.25, 0.3) is 0 Å². The number of rotatable bonds is 6. The zero-order chi connectivity index (χ0) is 14.6. The Labute approximate surface area is 110 Å². The molecule has 0 aromatic heterocycles. The van der Waals surface area contributed by atoms with Gasteiger partial charge in [-0.3, -0.25) is 9.69 Å². The third-order valence-corrected chi connectivity index (χ3v) is 3.16. The van der Waals surface area contributed by atoms with E-state index in [0.717, 1.165) is 0 Å². The van der Waals surface area contributed by atoms with Gasteiger partial charge in [0.1, 0.15) is 5.75 Å². The molecule has 0 radical (unpaired) electrons. The molecule has 0 fully saturated rings. The molecule has 1 atom stereocenters. The van der Waals surface area contributed by atoms with Crippen LogP contribution in [0.25, 0.3) is 0 Å². The van der Waals surface area contributed by atoms with Gasteiger partial charge in [0, 0.05) is 0 Å². The number of alkyl halides is 2. The highest BCUT2D eigenvalue weighted by atomic mass is 19.3. The van der Waals surface area contributed by atoms with E-state index >= 15 is 0 Å². The van der Waals surface area contributed by atoms with Gasteiger partial charge in [-0.2, -0.15) is 8.78 Å². The fraction of sp³-hybridized carbons (Fsp3) is 0.462. The second-order valence-electron chi connectivity index (χ2n) is 4.65. The van der Waals surface area contributed by atoms with E-state index in [2.05, 4.69) is 4.74 Å². The molecule has 0 spiro atoms. The van der Waals surface area contributed by atoms with Crippen molar-refractivity contribution >= 4 is 5.97 Å². The van der Waals surface area contributed by atoms with Gasteiger partial charge in [0.2, 0.25) is 0 Å². The van der Waals surface area contributed by atoms with Crippen molar-refractivity contribution in [2.45, 2.75) is 25.5 Å². The van der Waals surface area contributed by atoms with Gasteiger partial charge in [-0.25, -0.2) is 0 Å². The minimum atomic E-state index is -2.90. The number of hydrogen-bond acceptors (Lipinski definition) is 3. The molecule has 0 aliphatic rings. The summed E-state index contributed by atoms with van der Waals surface area (Å²) >= 11 is 0. The summed E-state index contributed by atoms with van der Waals surface area (Å²) in [6, 6.07) is 6.11. The third-order valence-electron chi connectivity index (χ3n) is 3.16. The number of halogens is 2. The molecule has 0 saturated heterocycles. The number of aliphatic carboxylic acids is 1. The molecular formula is C13H17F2NO3. The van der Waals surface area contributed by atoms with Crippen LogP contribution in [0.4, 0.5) is 8.78 Å². The summed E-state index contributed by atoms with van der Waals surface area (Å²) in [5.41, 5.74) is -0.189. The van der Waals surface area contributed by atoms with Gasteiger partial charge >= 0.3 is 12.6 Å². The van der Waals surface area contributed by atoms with Gasteiger partial charge in [0.05, 0.1) is 12.0 Å². The molecule has 1 unspecified atom stereocenters. The molecule has 1 N–H and O–H groups in total. The van der Waals surface area contributed by atoms with Crippen LogP contribution in [-0.2, 0) is 10.3 Å². The van der Waals surface area contributed by atoms with Crippen LogP contribution >= 0.6 is 0 Å². The lowest BCUT2D eigenvalue weighted by Crippen LogP contribution is -2.40. The second kappa shape index (κ2) is 5.97. The maximum Gasteiger partial charge on any atom is 0.387 e. The van der Waals surface area contributed by atoms with Crippen LogP contribution in [0, 0.1) is 0 Å². The summed E-state index contributed by atoms with van der Waals surface area (Å²) < 4.78 is 28.7. The summed E-state index contributed by atoms with van der Waals surface area (Å²) in [6.07, 6.45) is -0.141. The SMILES string of the molecule is CN(C)C(C)(CC(=O)O)c1cccc(OC(F)F)c1. The molecule has 0 heterocycles. The Morgan fingerprint density at radius 1 is 1.47 bits per heavy atom. The number of carboxylic acids is 1. The molecule has 0 aliphatic heterocycles. The zero-order valence-corrected chi connectivity index (χ0v) is 11.1. The number of ether oxygens (including phenoxy) is 1. The van der Waals surface area contributed by atoms with E-state index in [4.69, 9.17) is 5.11 Å². The van der Waals surface area contributed by atoms with Crippen LogP contribution in [0.3, 0.4) is 0 Å². The normalized spacial score (nSPS) is 14.5. The lowest BCUT2D eigenvalue weighted by Gasteiger charge is -2.36. The molecule has 0 bridgehead atoms. The van der Waals surface area contributed by atoms with Gasteiger partial charge in [0.15, 0.2) is 0 Å². The first-order chi connectivity index (χ1) is 8.75. The largest absolute Gasteiger partial charge is 0.481 e. The fourth-order valence-electron chi connectivity index (χ4n) is 1.82. The predicted molar refractivity (Wildman–Crippen MR) is 66.4 cm³/mol. The van der Waals surface area contributed by atoms with Gasteiger partial charge in [-0.1, -0.05) is 12.1 Å². The van der Waals surface area contributed by atoms with E-state index in [-0.39, 0.29) is 12.2 Å². The Balaban J connectivity index is 3.12. The van der Waals surface area contributed by atoms with Crippen molar-refractivity contribution in [3.63, 3.8) is 0 Å². The predicted octanol–water partition coefficient (Wildman–Crippen LogP) is 2.54. The maximum absolute atomic E-state index is 12.2. The lowest BCUT2D eigenvalue weighted by atomic mass is 9.87. The Morgan fingerprint density at radius 2 is 2.11 bits per heavy atom. The quantitative estimate of drug-likeness (QED) is 0.865. The van der Waals surface area contributed by atoms with Gasteiger partial charge in [-0.15, -0.1) is 0 Å². The second-order valence-corrected chi connectivity index (χ2v) is 4.65. The van der Waals surface area contributed by atoms with Crippen LogP contribution in [0.1, 0.15) is 18.9 Å². The monoisotopic (exact) mass is 273 g/mol. The molecule has 6 heteroatoms. The third kappa shape index (κ3) is 3.89. The van der Waals surface area contributed by atoms with Crippen molar-refractivity contribution < 1.29 is 23.4 Å². The van der Waals surface area contributed by atoms with Crippen molar-refractivity contribution in [3.05, 3.63) is 29.8 Å². The van der Waals surface area contributed by atoms with E-state index in [1.807, 2.05) is 0 Å². The Hall–Kier alpha value is -1.69. The zero-order valence-electron chi connectivity index (χ0n) is 11.1. The summed E-state index contributed by atoms with van der Waals surface area (Å²) in [4.78, 5) is 12.7. The topological polar surface area (TPSA) is 49.8 Å². The smallest absolute Gasteiger partial charge is 0.387 e. The molecule has 1 aromatic rings. The molecule has 4 nitrogen and oxygen atoms in total. The molecular weight excluding hydrogens is 256 g/mol. The molecule has 1 aromatic carbocycles. The van der Waals surface area contributed by atoms with Gasteiger partial charge in [-0.05, 0) is 38.7 Å². The molecule has 19 heavy (non-hydrogen) atoms. The van der Waals surface area contributed by atoms with Crippen LogP contribution in [0.15, 0.2) is 24.3 Å². The fourth-order valence-corrected chi connectivity index (χ4v) is 1.82. The number of carboxylic acid groups (broad SMARTS) is 1. The average Bonchev–Trinajstić information content (AvgIpc) is 2.27. The summed E-state index contributed by atoms with van der Waals surface area (Å²) in [5.74, 6) is -0.942. The highest BCUT2D eigenvalue weighted by molar-refractivity contribution is 5.69. The van der Waals surface area contributed by atoms with E-state index in [9.17, 15) is 13.6 Å². The summed E-state index contributed by atoms with van der Waals surface area (Å²) in [7, 11) is 3.48. The van der Waals surface area contributed by atoms with E-state index in [1.165, 1.54) is 12.1 Å². The van der Waals surface area contributed by atoms with E-state index in [1.54, 1.807) is 38.1 Å². The first-order valence-electron chi connectivity index (χ1n) is 5.70. The van der Waals surface area contributed by atoms with Crippen LogP contribution in [-0.4, -0.2) is 36.7 Å². The highest BCUT2D eigenvalue weighted by Gasteiger charge is 2.32. The first kappa shape index (κ1) is 15.4. The Bertz CT molecular complexity index is 451. The van der Waals surface area contributed by atoms with Crippen molar-refractivity contribution in [1.82, 2.24) is 4.90 Å². The minimum Gasteiger partial charge on any atom is -0.481 e. The standard InChI is InChI=1S/C13H17F2NO3/c1-13(16(2)3,8-11(17)18)9-5-4-6-10(7-9)19-12(14)15/h4-7,12H,8H2,1-3H3,(H,17,18). The van der Waals surface area contributed by atoms with E-state index in [0.29, 0.717) is 5.56 Å². The molecule has 0 saturated carbocycles. The van der Waals surface area contributed by atoms with Crippen LogP contribution in [0.2, 0.25) is 0 Å². The Kier molecular flexibility index (Phi) is 4.83. The average molecular weight is 273 g/mol. The number of nitrogens with zero attached hydrogens (tertiary/aromatic N) is 1. The summed E-state index contributed by atoms with van der Waals surface area (Å²) in [6.45, 7) is -1.16. The first-order valence-corrected chi connectivity index (χ1v) is 5.70. The lowest BCUT2D eigenvalue weighted by molar-refractivity contribution is -0.140. The maximum atomic E-state index is 12.2. The molecule has 0 amide bonds. The molecule has 1 rings (SSSR count). The highest BCUT2D eigenvalue weighted by Crippen LogP contribution is 2.32. The number of benzene rings is 1. The van der Waals surface area contributed by atoms with Crippen LogP contribution in [0.5, 0.6) is 5.75 Å². The Morgan fingerprint density at radius 3 is 2.58 bits per heavy atom. The molecule has 0 aliphatic carbocycles. The number of carbonyl (C=O) groups is 1. The van der Waals surface area contributed by atoms with E-state index < -0.39 is 18.1 Å². The van der Waals surface area contributed by atoms with Crippen molar-refractivity contribution in [2.24, 2.45) is 0 Å². The van der Waals surface area contributed by atoms with Crippen molar-refractivity contribution in [2.75, 3.05) is 14.1 Å².